The van der Waals surface area contributed by atoms with Gasteiger partial charge in [0.15, 0.2) is 0 Å². The van der Waals surface area contributed by atoms with E-state index in [-0.39, 0.29) is 18.4 Å². The van der Waals surface area contributed by atoms with Crippen LogP contribution in [0.4, 0.5) is 0 Å². The molecule has 0 radical (unpaired) electrons. The number of carbonyl (C=O) groups excluding carboxylic acids is 1. The van der Waals surface area contributed by atoms with Crippen molar-refractivity contribution in [1.82, 2.24) is 5.32 Å². The topological polar surface area (TPSA) is 64.3 Å². The molecule has 1 atom stereocenters. The maximum atomic E-state index is 11.8. The normalized spacial score (nSPS) is 11.7. The van der Waals surface area contributed by atoms with Gasteiger partial charge in [0.1, 0.15) is 5.75 Å². The first kappa shape index (κ1) is 14.4. The first-order valence-corrected chi connectivity index (χ1v) is 6.19. The summed E-state index contributed by atoms with van der Waals surface area (Å²) in [5.74, 6) is 0.643. The van der Waals surface area contributed by atoms with Crippen LogP contribution >= 0.6 is 12.2 Å². The van der Waals surface area contributed by atoms with Crippen LogP contribution in [0, 0.1) is 0 Å². The van der Waals surface area contributed by atoms with Crippen molar-refractivity contribution in [3.63, 3.8) is 0 Å². The van der Waals surface area contributed by atoms with E-state index in [1.165, 1.54) is 0 Å². The average Bonchev–Trinajstić information content (AvgIpc) is 2.35. The first-order valence-electron chi connectivity index (χ1n) is 5.78. The van der Waals surface area contributed by atoms with Gasteiger partial charge in [-0.1, -0.05) is 31.3 Å². The highest BCUT2D eigenvalue weighted by molar-refractivity contribution is 7.80. The molecule has 0 heterocycles. The zero-order valence-electron chi connectivity index (χ0n) is 10.6. The third kappa shape index (κ3) is 4.33. The average molecular weight is 266 g/mol. The van der Waals surface area contributed by atoms with Gasteiger partial charge >= 0.3 is 0 Å². The summed E-state index contributed by atoms with van der Waals surface area (Å²) in [6, 6.07) is 7.17. The molecule has 1 rings (SSSR count). The predicted octanol–water partition coefficient (Wildman–Crippen LogP) is 1.42. The summed E-state index contributed by atoms with van der Waals surface area (Å²) >= 11 is 4.88. The summed E-state index contributed by atoms with van der Waals surface area (Å²) in [6.07, 6.45) is 0.982. The van der Waals surface area contributed by atoms with E-state index < -0.39 is 0 Å². The molecule has 0 aliphatic carbocycles. The second-order valence-electron chi connectivity index (χ2n) is 3.96. The monoisotopic (exact) mass is 266 g/mol. The quantitative estimate of drug-likeness (QED) is 0.764. The van der Waals surface area contributed by atoms with E-state index in [4.69, 9.17) is 22.7 Å². The van der Waals surface area contributed by atoms with Crippen LogP contribution in [0.1, 0.15) is 18.9 Å². The minimum atomic E-state index is -0.238. The lowest BCUT2D eigenvalue weighted by atomic mass is 10.1. The second-order valence-corrected chi connectivity index (χ2v) is 4.43. The molecule has 4 nitrogen and oxygen atoms in total. The Bertz CT molecular complexity index is 435. The van der Waals surface area contributed by atoms with Gasteiger partial charge in [0.25, 0.3) is 0 Å². The molecule has 0 aliphatic rings. The van der Waals surface area contributed by atoms with E-state index in [1.54, 1.807) is 7.11 Å². The van der Waals surface area contributed by atoms with Crippen molar-refractivity contribution in [2.24, 2.45) is 5.73 Å². The van der Waals surface area contributed by atoms with Gasteiger partial charge in [0.05, 0.1) is 24.6 Å². The minimum absolute atomic E-state index is 0.0945. The highest BCUT2D eigenvalue weighted by atomic mass is 32.1. The number of ether oxygens (including phenoxy) is 1. The predicted molar refractivity (Wildman–Crippen MR) is 75.7 cm³/mol. The van der Waals surface area contributed by atoms with Gasteiger partial charge in [-0.2, -0.15) is 0 Å². The summed E-state index contributed by atoms with van der Waals surface area (Å²) in [7, 11) is 1.60. The summed E-state index contributed by atoms with van der Waals surface area (Å²) in [5, 5.41) is 2.81. The molecule has 1 unspecified atom stereocenters. The van der Waals surface area contributed by atoms with Gasteiger partial charge in [0, 0.05) is 0 Å². The first-order chi connectivity index (χ1) is 8.56. The molecule has 0 bridgehead atoms. The smallest absolute Gasteiger partial charge is 0.224 e. The Morgan fingerprint density at radius 1 is 1.56 bits per heavy atom. The van der Waals surface area contributed by atoms with Gasteiger partial charge in [-0.25, -0.2) is 0 Å². The number of hydrogen-bond acceptors (Lipinski definition) is 3. The molecular formula is C13H18N2O2S. The van der Waals surface area contributed by atoms with Crippen LogP contribution in [0.15, 0.2) is 24.3 Å². The summed E-state index contributed by atoms with van der Waals surface area (Å²) in [6.45, 7) is 1.93. The fraction of sp³-hybridized carbons (Fsp3) is 0.385. The Morgan fingerprint density at radius 3 is 2.83 bits per heavy atom. The molecule has 1 aromatic carbocycles. The SMILES string of the molecule is CCC(NC(=O)Cc1cccc(OC)c1)C(N)=S. The van der Waals surface area contributed by atoms with Crippen LogP contribution in [0.25, 0.3) is 0 Å². The van der Waals surface area contributed by atoms with E-state index >= 15 is 0 Å². The van der Waals surface area contributed by atoms with Gasteiger partial charge in [-0.15, -0.1) is 0 Å². The standard InChI is InChI=1S/C13H18N2O2S/c1-3-11(13(14)18)15-12(16)8-9-5-4-6-10(7-9)17-2/h4-7,11H,3,8H2,1-2H3,(H2,14,18)(H,15,16). The Hall–Kier alpha value is -1.62. The number of methoxy groups -OCH3 is 1. The summed E-state index contributed by atoms with van der Waals surface area (Å²) in [4.78, 5) is 12.1. The largest absolute Gasteiger partial charge is 0.497 e. The third-order valence-corrected chi connectivity index (χ3v) is 2.87. The molecule has 0 aliphatic heterocycles. The van der Waals surface area contributed by atoms with Crippen molar-refractivity contribution in [2.45, 2.75) is 25.8 Å². The number of amides is 1. The van der Waals surface area contributed by atoms with Crippen molar-refractivity contribution in [3.8, 4) is 5.75 Å². The number of thiocarbonyl (C=S) groups is 1. The highest BCUT2D eigenvalue weighted by Crippen LogP contribution is 2.12. The lowest BCUT2D eigenvalue weighted by molar-refractivity contribution is -0.120. The molecule has 1 amide bonds. The molecule has 98 valence electrons. The number of nitrogens with two attached hydrogens (primary N) is 1. The van der Waals surface area contributed by atoms with E-state index in [0.717, 1.165) is 11.3 Å². The van der Waals surface area contributed by atoms with Crippen molar-refractivity contribution in [1.29, 1.82) is 0 Å². The van der Waals surface area contributed by atoms with Gasteiger partial charge in [-0.05, 0) is 24.1 Å². The zero-order chi connectivity index (χ0) is 13.5. The third-order valence-electron chi connectivity index (χ3n) is 2.59. The van der Waals surface area contributed by atoms with E-state index in [9.17, 15) is 4.79 Å². The van der Waals surface area contributed by atoms with Crippen molar-refractivity contribution >= 4 is 23.1 Å². The number of benzene rings is 1. The molecule has 18 heavy (non-hydrogen) atoms. The Morgan fingerprint density at radius 2 is 2.28 bits per heavy atom. The summed E-state index contributed by atoms with van der Waals surface area (Å²) < 4.78 is 5.10. The fourth-order valence-electron chi connectivity index (χ4n) is 1.59. The second kappa shape index (κ2) is 6.96. The molecule has 3 N–H and O–H groups in total. The van der Waals surface area contributed by atoms with E-state index in [0.29, 0.717) is 11.4 Å². The maximum Gasteiger partial charge on any atom is 0.224 e. The van der Waals surface area contributed by atoms with Crippen LogP contribution in [0.3, 0.4) is 0 Å². The Kier molecular flexibility index (Phi) is 5.58. The number of nitrogens with one attached hydrogen (secondary N) is 1. The van der Waals surface area contributed by atoms with Gasteiger partial charge in [0.2, 0.25) is 5.91 Å². The lowest BCUT2D eigenvalue weighted by Crippen LogP contribution is -2.43. The van der Waals surface area contributed by atoms with E-state index in [1.807, 2.05) is 31.2 Å². The van der Waals surface area contributed by atoms with E-state index in [2.05, 4.69) is 5.32 Å². The Balaban J connectivity index is 2.61. The van der Waals surface area contributed by atoms with Gasteiger partial charge < -0.3 is 15.8 Å². The number of rotatable bonds is 6. The molecule has 0 fully saturated rings. The minimum Gasteiger partial charge on any atom is -0.497 e. The zero-order valence-corrected chi connectivity index (χ0v) is 11.4. The van der Waals surface area contributed by atoms with Crippen LogP contribution in [0.5, 0.6) is 5.75 Å². The number of carbonyl (C=O) groups is 1. The van der Waals surface area contributed by atoms with Crippen LogP contribution < -0.4 is 15.8 Å². The van der Waals surface area contributed by atoms with Crippen molar-refractivity contribution in [2.75, 3.05) is 7.11 Å². The highest BCUT2D eigenvalue weighted by Gasteiger charge is 2.13. The molecule has 5 heteroatoms. The van der Waals surface area contributed by atoms with Crippen molar-refractivity contribution < 1.29 is 9.53 Å². The Labute approximate surface area is 113 Å². The molecular weight excluding hydrogens is 248 g/mol. The molecule has 0 spiro atoms. The maximum absolute atomic E-state index is 11.8. The summed E-state index contributed by atoms with van der Waals surface area (Å²) in [5.41, 5.74) is 6.42. The van der Waals surface area contributed by atoms with Crippen LogP contribution in [-0.4, -0.2) is 24.0 Å². The van der Waals surface area contributed by atoms with Crippen LogP contribution in [0.2, 0.25) is 0 Å². The van der Waals surface area contributed by atoms with Gasteiger partial charge in [-0.3, -0.25) is 4.79 Å². The van der Waals surface area contributed by atoms with Crippen molar-refractivity contribution in [3.05, 3.63) is 29.8 Å². The molecule has 0 saturated heterocycles. The molecule has 0 aromatic heterocycles. The lowest BCUT2D eigenvalue weighted by Gasteiger charge is -2.15. The molecule has 1 aromatic rings. The van der Waals surface area contributed by atoms with Crippen LogP contribution in [-0.2, 0) is 11.2 Å². The molecule has 0 saturated carbocycles. The number of hydrogen-bond donors (Lipinski definition) is 2. The fourth-order valence-corrected chi connectivity index (χ4v) is 1.81.